The molecule has 3 heterocycles. The number of fused-ring (bicyclic) bond motifs is 4. The Morgan fingerprint density at radius 1 is 1.26 bits per heavy atom. The molecule has 0 aliphatic heterocycles. The average molecular weight is 397 g/mol. The molecule has 7 heteroatoms. The number of nitrogens with one attached hydrogen (secondary N) is 2. The van der Waals surface area contributed by atoms with Crippen molar-refractivity contribution in [2.45, 2.75) is 43.5 Å². The SMILES string of the molecule is C[C@H]1CCc2c(sc3nc([C@H](C)Sc4nc5ccccc5[nH]4)[nH]c(=O)c23)C1. The van der Waals surface area contributed by atoms with Gasteiger partial charge in [-0.3, -0.25) is 4.79 Å². The zero-order valence-electron chi connectivity index (χ0n) is 15.2. The molecule has 0 bridgehead atoms. The molecule has 0 fully saturated rings. The molecule has 2 N–H and O–H groups in total. The van der Waals surface area contributed by atoms with Crippen molar-refractivity contribution in [3.8, 4) is 0 Å². The first-order valence-corrected chi connectivity index (χ1v) is 10.9. The number of nitrogens with zero attached hydrogens (tertiary/aromatic N) is 2. The van der Waals surface area contributed by atoms with Crippen LogP contribution in [0.4, 0.5) is 0 Å². The van der Waals surface area contributed by atoms with Crippen LogP contribution < -0.4 is 5.56 Å². The molecule has 5 rings (SSSR count). The lowest BCUT2D eigenvalue weighted by atomic mass is 9.89. The van der Waals surface area contributed by atoms with Crippen molar-refractivity contribution in [2.75, 3.05) is 0 Å². The van der Waals surface area contributed by atoms with Crippen LogP contribution in [0.2, 0.25) is 0 Å². The monoisotopic (exact) mass is 396 g/mol. The number of para-hydroxylation sites is 2. The summed E-state index contributed by atoms with van der Waals surface area (Å²) in [6.45, 7) is 4.33. The van der Waals surface area contributed by atoms with E-state index in [4.69, 9.17) is 4.98 Å². The van der Waals surface area contributed by atoms with Gasteiger partial charge in [-0.15, -0.1) is 11.3 Å². The number of imidazole rings is 1. The molecule has 27 heavy (non-hydrogen) atoms. The number of H-pyrrole nitrogens is 2. The number of thioether (sulfide) groups is 1. The summed E-state index contributed by atoms with van der Waals surface area (Å²) in [5.41, 5.74) is 3.19. The standard InChI is InChI=1S/C20H20N4OS2/c1-10-7-8-12-15(9-10)27-19-16(12)18(25)23-17(24-19)11(2)26-20-21-13-5-3-4-6-14(13)22-20/h3-6,10-11H,7-9H2,1-2H3,(H,21,22)(H,23,24,25)/t10-,11-/m0/s1. The van der Waals surface area contributed by atoms with Gasteiger partial charge in [-0.05, 0) is 49.8 Å². The summed E-state index contributed by atoms with van der Waals surface area (Å²) in [7, 11) is 0. The largest absolute Gasteiger partial charge is 0.333 e. The maximum atomic E-state index is 12.8. The average Bonchev–Trinajstić information content (AvgIpc) is 3.21. The number of rotatable bonds is 3. The Morgan fingerprint density at radius 2 is 2.11 bits per heavy atom. The third kappa shape index (κ3) is 2.99. The van der Waals surface area contributed by atoms with Crippen molar-refractivity contribution < 1.29 is 0 Å². The number of aromatic amines is 2. The molecule has 0 radical (unpaired) electrons. The lowest BCUT2D eigenvalue weighted by Crippen LogP contribution is -2.15. The van der Waals surface area contributed by atoms with E-state index in [1.807, 2.05) is 24.3 Å². The zero-order valence-corrected chi connectivity index (χ0v) is 16.8. The Labute approximate surface area is 164 Å². The van der Waals surface area contributed by atoms with Crippen LogP contribution in [-0.2, 0) is 12.8 Å². The van der Waals surface area contributed by atoms with Gasteiger partial charge in [0.1, 0.15) is 10.7 Å². The molecule has 138 valence electrons. The minimum atomic E-state index is -0.000825. The maximum Gasteiger partial charge on any atom is 0.259 e. The Balaban J connectivity index is 1.49. The van der Waals surface area contributed by atoms with E-state index in [1.54, 1.807) is 23.1 Å². The van der Waals surface area contributed by atoms with Crippen molar-refractivity contribution in [1.82, 2.24) is 19.9 Å². The van der Waals surface area contributed by atoms with Crippen LogP contribution in [-0.4, -0.2) is 19.9 Å². The second kappa shape index (κ2) is 6.49. The maximum absolute atomic E-state index is 12.8. The van der Waals surface area contributed by atoms with E-state index in [-0.39, 0.29) is 10.8 Å². The van der Waals surface area contributed by atoms with E-state index in [0.717, 1.165) is 45.7 Å². The predicted molar refractivity (Wildman–Crippen MR) is 112 cm³/mol. The highest BCUT2D eigenvalue weighted by Gasteiger charge is 2.24. The molecule has 1 aromatic carbocycles. The molecule has 5 nitrogen and oxygen atoms in total. The van der Waals surface area contributed by atoms with Gasteiger partial charge >= 0.3 is 0 Å². The lowest BCUT2D eigenvalue weighted by molar-refractivity contribution is 0.509. The molecular weight excluding hydrogens is 376 g/mol. The summed E-state index contributed by atoms with van der Waals surface area (Å²) < 4.78 is 0. The van der Waals surface area contributed by atoms with E-state index in [0.29, 0.717) is 11.7 Å². The van der Waals surface area contributed by atoms with Crippen LogP contribution in [0.3, 0.4) is 0 Å². The van der Waals surface area contributed by atoms with Crippen LogP contribution in [0.15, 0.2) is 34.2 Å². The van der Waals surface area contributed by atoms with Crippen molar-refractivity contribution >= 4 is 44.3 Å². The molecule has 0 saturated carbocycles. The van der Waals surface area contributed by atoms with Crippen LogP contribution in [0.25, 0.3) is 21.3 Å². The fourth-order valence-corrected chi connectivity index (χ4v) is 6.04. The molecule has 1 aliphatic rings. The molecule has 0 spiro atoms. The third-order valence-corrected chi connectivity index (χ3v) is 7.37. The summed E-state index contributed by atoms with van der Waals surface area (Å²) in [6.07, 6.45) is 3.21. The van der Waals surface area contributed by atoms with Gasteiger partial charge in [0, 0.05) is 4.88 Å². The van der Waals surface area contributed by atoms with Gasteiger partial charge in [-0.25, -0.2) is 9.97 Å². The number of thiophene rings is 1. The van der Waals surface area contributed by atoms with E-state index < -0.39 is 0 Å². The molecule has 0 amide bonds. The van der Waals surface area contributed by atoms with Gasteiger partial charge in [-0.1, -0.05) is 30.8 Å². The third-order valence-electron chi connectivity index (χ3n) is 5.22. The van der Waals surface area contributed by atoms with E-state index in [9.17, 15) is 4.79 Å². The summed E-state index contributed by atoms with van der Waals surface area (Å²) in [6, 6.07) is 7.97. The molecule has 0 saturated heterocycles. The molecule has 4 aromatic rings. The first kappa shape index (κ1) is 17.0. The summed E-state index contributed by atoms with van der Waals surface area (Å²) in [5.74, 6) is 1.40. The number of benzene rings is 1. The molecule has 0 unspecified atom stereocenters. The Bertz CT molecular complexity index is 1170. The fourth-order valence-electron chi connectivity index (χ4n) is 3.77. The quantitative estimate of drug-likeness (QED) is 0.486. The highest BCUT2D eigenvalue weighted by atomic mass is 32.2. The first-order chi connectivity index (χ1) is 13.1. The van der Waals surface area contributed by atoms with Crippen LogP contribution in [0, 0.1) is 5.92 Å². The second-order valence-electron chi connectivity index (χ2n) is 7.30. The molecule has 3 aromatic heterocycles. The highest BCUT2D eigenvalue weighted by molar-refractivity contribution is 7.99. The smallest absolute Gasteiger partial charge is 0.259 e. The minimum absolute atomic E-state index is 0.000661. The number of aryl methyl sites for hydroxylation is 1. The second-order valence-corrected chi connectivity index (χ2v) is 9.72. The van der Waals surface area contributed by atoms with E-state index >= 15 is 0 Å². The topological polar surface area (TPSA) is 74.4 Å². The Hall–Kier alpha value is -2.12. The van der Waals surface area contributed by atoms with Gasteiger partial charge in [0.15, 0.2) is 5.16 Å². The predicted octanol–water partition coefficient (Wildman–Crippen LogP) is 4.84. The summed E-state index contributed by atoms with van der Waals surface area (Å²) in [4.78, 5) is 30.8. The van der Waals surface area contributed by atoms with Gasteiger partial charge in [0.05, 0.1) is 21.7 Å². The van der Waals surface area contributed by atoms with Crippen molar-refractivity contribution in [1.29, 1.82) is 0 Å². The summed E-state index contributed by atoms with van der Waals surface area (Å²) in [5, 5.41) is 1.65. The molecule has 2 atom stereocenters. The summed E-state index contributed by atoms with van der Waals surface area (Å²) >= 11 is 3.28. The van der Waals surface area contributed by atoms with Crippen molar-refractivity contribution in [2.24, 2.45) is 5.92 Å². The molecule has 1 aliphatic carbocycles. The van der Waals surface area contributed by atoms with E-state index in [1.165, 1.54) is 10.4 Å². The van der Waals surface area contributed by atoms with Crippen LogP contribution in [0.5, 0.6) is 0 Å². The number of hydrogen-bond acceptors (Lipinski definition) is 5. The first-order valence-electron chi connectivity index (χ1n) is 9.24. The highest BCUT2D eigenvalue weighted by Crippen LogP contribution is 2.37. The zero-order chi connectivity index (χ0) is 18.5. The minimum Gasteiger partial charge on any atom is -0.333 e. The molecular formula is C20H20N4OS2. The van der Waals surface area contributed by atoms with Crippen molar-refractivity contribution in [3.05, 3.63) is 50.9 Å². The van der Waals surface area contributed by atoms with Crippen LogP contribution >= 0.6 is 23.1 Å². The van der Waals surface area contributed by atoms with Gasteiger partial charge in [-0.2, -0.15) is 0 Å². The van der Waals surface area contributed by atoms with Gasteiger partial charge in [0.25, 0.3) is 5.56 Å². The van der Waals surface area contributed by atoms with Crippen molar-refractivity contribution in [3.63, 3.8) is 0 Å². The van der Waals surface area contributed by atoms with E-state index in [2.05, 4.69) is 28.8 Å². The van der Waals surface area contributed by atoms with Gasteiger partial charge < -0.3 is 9.97 Å². The Kier molecular flexibility index (Phi) is 4.09. The van der Waals surface area contributed by atoms with Crippen LogP contribution in [0.1, 0.15) is 41.8 Å². The fraction of sp³-hybridized carbons (Fsp3) is 0.350. The normalized spacial score (nSPS) is 18.1. The van der Waals surface area contributed by atoms with Gasteiger partial charge in [0.2, 0.25) is 0 Å². The Morgan fingerprint density at radius 3 is 2.96 bits per heavy atom. The number of hydrogen-bond donors (Lipinski definition) is 2. The number of aromatic nitrogens is 4. The lowest BCUT2D eigenvalue weighted by Gasteiger charge is -2.17.